The van der Waals surface area contributed by atoms with Gasteiger partial charge in [0.25, 0.3) is 0 Å². The molecule has 0 saturated heterocycles. The van der Waals surface area contributed by atoms with Crippen molar-refractivity contribution in [3.05, 3.63) is 0 Å². The van der Waals surface area contributed by atoms with E-state index in [1.165, 1.54) is 51.4 Å². The summed E-state index contributed by atoms with van der Waals surface area (Å²) in [7, 11) is 2.12. The molecule has 1 saturated carbocycles. The highest BCUT2D eigenvalue weighted by Gasteiger charge is 2.20. The highest BCUT2D eigenvalue weighted by molar-refractivity contribution is 4.76. The SMILES string of the molecule is CCCCCC(CC1CCC1)NC. The van der Waals surface area contributed by atoms with Crippen molar-refractivity contribution < 1.29 is 0 Å². The van der Waals surface area contributed by atoms with Gasteiger partial charge in [0, 0.05) is 6.04 Å². The average Bonchev–Trinajstić information content (AvgIpc) is 2.08. The molecule has 1 heteroatoms. The topological polar surface area (TPSA) is 12.0 Å². The van der Waals surface area contributed by atoms with Gasteiger partial charge in [-0.1, -0.05) is 45.4 Å². The van der Waals surface area contributed by atoms with Crippen molar-refractivity contribution in [2.24, 2.45) is 5.92 Å². The van der Waals surface area contributed by atoms with E-state index >= 15 is 0 Å². The number of unbranched alkanes of at least 4 members (excludes halogenated alkanes) is 2. The Morgan fingerprint density at radius 3 is 2.54 bits per heavy atom. The number of hydrogen-bond acceptors (Lipinski definition) is 1. The molecule has 78 valence electrons. The molecule has 1 aliphatic rings. The van der Waals surface area contributed by atoms with E-state index in [0.717, 1.165) is 12.0 Å². The largest absolute Gasteiger partial charge is 0.317 e. The van der Waals surface area contributed by atoms with Gasteiger partial charge in [0.1, 0.15) is 0 Å². The Balaban J connectivity index is 2.03. The Bertz CT molecular complexity index is 118. The Morgan fingerprint density at radius 1 is 1.31 bits per heavy atom. The molecular weight excluding hydrogens is 158 g/mol. The fraction of sp³-hybridized carbons (Fsp3) is 1.00. The van der Waals surface area contributed by atoms with Crippen LogP contribution in [0.2, 0.25) is 0 Å². The van der Waals surface area contributed by atoms with Crippen molar-refractivity contribution in [1.82, 2.24) is 5.32 Å². The van der Waals surface area contributed by atoms with Crippen LogP contribution in [0.3, 0.4) is 0 Å². The molecule has 13 heavy (non-hydrogen) atoms. The van der Waals surface area contributed by atoms with Crippen LogP contribution in [0.1, 0.15) is 58.3 Å². The zero-order chi connectivity index (χ0) is 9.52. The van der Waals surface area contributed by atoms with Gasteiger partial charge in [0.05, 0.1) is 0 Å². The van der Waals surface area contributed by atoms with Crippen molar-refractivity contribution in [2.75, 3.05) is 7.05 Å². The minimum atomic E-state index is 0.803. The van der Waals surface area contributed by atoms with Gasteiger partial charge < -0.3 is 5.32 Å². The molecule has 1 aliphatic carbocycles. The van der Waals surface area contributed by atoms with Crippen molar-refractivity contribution >= 4 is 0 Å². The van der Waals surface area contributed by atoms with Crippen molar-refractivity contribution in [3.63, 3.8) is 0 Å². The summed E-state index contributed by atoms with van der Waals surface area (Å²) >= 11 is 0. The van der Waals surface area contributed by atoms with E-state index in [1.54, 1.807) is 0 Å². The molecule has 0 aromatic heterocycles. The Kier molecular flexibility index (Phi) is 5.45. The third kappa shape index (κ3) is 4.12. The summed E-state index contributed by atoms with van der Waals surface area (Å²) in [5, 5.41) is 3.46. The first kappa shape index (κ1) is 11.0. The van der Waals surface area contributed by atoms with E-state index in [1.807, 2.05) is 0 Å². The van der Waals surface area contributed by atoms with E-state index in [-0.39, 0.29) is 0 Å². The Labute approximate surface area is 83.3 Å². The van der Waals surface area contributed by atoms with Crippen molar-refractivity contribution in [1.29, 1.82) is 0 Å². The van der Waals surface area contributed by atoms with E-state index < -0.39 is 0 Å². The molecule has 1 rings (SSSR count). The molecule has 0 heterocycles. The lowest BCUT2D eigenvalue weighted by atomic mass is 9.80. The minimum absolute atomic E-state index is 0.803. The van der Waals surface area contributed by atoms with Crippen molar-refractivity contribution in [3.8, 4) is 0 Å². The molecule has 0 bridgehead atoms. The normalized spacial score (nSPS) is 19.8. The second kappa shape index (κ2) is 6.42. The van der Waals surface area contributed by atoms with Gasteiger partial charge >= 0.3 is 0 Å². The maximum atomic E-state index is 3.46. The highest BCUT2D eigenvalue weighted by atomic mass is 14.9. The van der Waals surface area contributed by atoms with Gasteiger partial charge in [0.2, 0.25) is 0 Å². The summed E-state index contributed by atoms with van der Waals surface area (Å²) in [6, 6.07) is 0.803. The molecule has 0 aromatic carbocycles. The molecule has 1 fully saturated rings. The summed E-state index contributed by atoms with van der Waals surface area (Å²) in [5.74, 6) is 1.05. The quantitative estimate of drug-likeness (QED) is 0.597. The van der Waals surface area contributed by atoms with Crippen molar-refractivity contribution in [2.45, 2.75) is 64.3 Å². The van der Waals surface area contributed by atoms with Gasteiger partial charge in [0.15, 0.2) is 0 Å². The molecule has 1 N–H and O–H groups in total. The van der Waals surface area contributed by atoms with Gasteiger partial charge in [-0.2, -0.15) is 0 Å². The van der Waals surface area contributed by atoms with Crippen LogP contribution in [0.4, 0.5) is 0 Å². The summed E-state index contributed by atoms with van der Waals surface area (Å²) in [6.07, 6.45) is 11.5. The maximum absolute atomic E-state index is 3.46. The molecular formula is C12H25N. The molecule has 1 unspecified atom stereocenters. The summed E-state index contributed by atoms with van der Waals surface area (Å²) in [5.41, 5.74) is 0. The average molecular weight is 183 g/mol. The van der Waals surface area contributed by atoms with E-state index in [4.69, 9.17) is 0 Å². The zero-order valence-electron chi connectivity index (χ0n) is 9.31. The number of nitrogens with one attached hydrogen (secondary N) is 1. The molecule has 0 radical (unpaired) electrons. The van der Waals surface area contributed by atoms with Crippen LogP contribution in [-0.4, -0.2) is 13.1 Å². The van der Waals surface area contributed by atoms with Crippen LogP contribution in [0.15, 0.2) is 0 Å². The first-order chi connectivity index (χ1) is 6.36. The second-order valence-electron chi connectivity index (χ2n) is 4.51. The Hall–Kier alpha value is -0.0400. The predicted molar refractivity (Wildman–Crippen MR) is 58.9 cm³/mol. The first-order valence-electron chi connectivity index (χ1n) is 6.04. The lowest BCUT2D eigenvalue weighted by Crippen LogP contribution is -2.29. The highest BCUT2D eigenvalue weighted by Crippen LogP contribution is 2.31. The van der Waals surface area contributed by atoms with Gasteiger partial charge in [-0.25, -0.2) is 0 Å². The molecule has 0 aromatic rings. The van der Waals surface area contributed by atoms with Crippen LogP contribution in [0.5, 0.6) is 0 Å². The van der Waals surface area contributed by atoms with E-state index in [9.17, 15) is 0 Å². The monoisotopic (exact) mass is 183 g/mol. The molecule has 0 amide bonds. The summed E-state index contributed by atoms with van der Waals surface area (Å²) in [6.45, 7) is 2.28. The summed E-state index contributed by atoms with van der Waals surface area (Å²) < 4.78 is 0. The molecule has 0 aliphatic heterocycles. The predicted octanol–water partition coefficient (Wildman–Crippen LogP) is 3.34. The van der Waals surface area contributed by atoms with Crippen LogP contribution < -0.4 is 5.32 Å². The lowest BCUT2D eigenvalue weighted by molar-refractivity contribution is 0.257. The third-order valence-corrected chi connectivity index (χ3v) is 3.41. The standard InChI is InChI=1S/C12H25N/c1-3-4-5-9-12(13-2)10-11-7-6-8-11/h11-13H,3-10H2,1-2H3. The van der Waals surface area contributed by atoms with Crippen LogP contribution in [0.25, 0.3) is 0 Å². The minimum Gasteiger partial charge on any atom is -0.317 e. The van der Waals surface area contributed by atoms with Crippen LogP contribution in [0, 0.1) is 5.92 Å². The number of rotatable bonds is 7. The van der Waals surface area contributed by atoms with Crippen LogP contribution in [-0.2, 0) is 0 Å². The van der Waals surface area contributed by atoms with Gasteiger partial charge in [-0.15, -0.1) is 0 Å². The Morgan fingerprint density at radius 2 is 2.08 bits per heavy atom. The fourth-order valence-corrected chi connectivity index (χ4v) is 2.15. The molecule has 1 nitrogen and oxygen atoms in total. The molecule has 0 spiro atoms. The van der Waals surface area contributed by atoms with Gasteiger partial charge in [-0.3, -0.25) is 0 Å². The van der Waals surface area contributed by atoms with Crippen LogP contribution >= 0.6 is 0 Å². The first-order valence-corrected chi connectivity index (χ1v) is 6.04. The smallest absolute Gasteiger partial charge is 0.00667 e. The zero-order valence-corrected chi connectivity index (χ0v) is 9.31. The van der Waals surface area contributed by atoms with E-state index in [2.05, 4.69) is 19.3 Å². The van der Waals surface area contributed by atoms with E-state index in [0.29, 0.717) is 0 Å². The summed E-state index contributed by atoms with van der Waals surface area (Å²) in [4.78, 5) is 0. The lowest BCUT2D eigenvalue weighted by Gasteiger charge is -2.29. The maximum Gasteiger partial charge on any atom is 0.00667 e. The van der Waals surface area contributed by atoms with Gasteiger partial charge in [-0.05, 0) is 25.8 Å². The number of hydrogen-bond donors (Lipinski definition) is 1. The fourth-order valence-electron chi connectivity index (χ4n) is 2.15. The second-order valence-corrected chi connectivity index (χ2v) is 4.51. The molecule has 1 atom stereocenters. The third-order valence-electron chi connectivity index (χ3n) is 3.41.